The summed E-state index contributed by atoms with van der Waals surface area (Å²) in [6.45, 7) is 1.82. The van der Waals surface area contributed by atoms with Crippen molar-refractivity contribution in [2.75, 3.05) is 5.32 Å². The second-order valence-electron chi connectivity index (χ2n) is 4.31. The largest absolute Gasteiger partial charge is 0.364 e. The van der Waals surface area contributed by atoms with Crippen LogP contribution >= 0.6 is 11.6 Å². The van der Waals surface area contributed by atoms with Gasteiger partial charge < -0.3 is 11.1 Å². The van der Waals surface area contributed by atoms with E-state index in [9.17, 15) is 13.2 Å². The second kappa shape index (κ2) is 6.71. The third-order valence-corrected chi connectivity index (χ3v) is 3.81. The minimum absolute atomic E-state index is 0.0573. The van der Waals surface area contributed by atoms with Crippen LogP contribution in [0.15, 0.2) is 29.2 Å². The lowest BCUT2D eigenvalue weighted by Gasteiger charge is -2.11. The Morgan fingerprint density at radius 2 is 2.09 bits per heavy atom. The van der Waals surface area contributed by atoms with Crippen LogP contribution in [0.2, 0.25) is 5.15 Å². The summed E-state index contributed by atoms with van der Waals surface area (Å²) in [4.78, 5) is 19.8. The minimum atomic E-state index is -2.71. The van der Waals surface area contributed by atoms with E-state index in [1.807, 2.05) is 6.92 Å². The number of nitrogens with two attached hydrogens (primary N) is 1. The van der Waals surface area contributed by atoms with Gasteiger partial charge in [0, 0.05) is 5.69 Å². The van der Waals surface area contributed by atoms with Crippen molar-refractivity contribution < 1.29 is 13.2 Å². The van der Waals surface area contributed by atoms with Crippen LogP contribution < -0.4 is 11.1 Å². The molecule has 22 heavy (non-hydrogen) atoms. The van der Waals surface area contributed by atoms with Gasteiger partial charge in [0.05, 0.1) is 10.6 Å². The molecule has 0 aliphatic rings. The number of amides is 1. The molecule has 0 fully saturated rings. The number of nitrogens with one attached hydrogen (secondary N) is 1. The van der Waals surface area contributed by atoms with Crippen molar-refractivity contribution in [2.45, 2.75) is 18.2 Å². The summed E-state index contributed by atoms with van der Waals surface area (Å²) in [5, 5.41) is 2.97. The fourth-order valence-corrected chi connectivity index (χ4v) is 2.48. The number of carbonyl (C=O) groups is 1. The zero-order chi connectivity index (χ0) is 16.3. The van der Waals surface area contributed by atoms with Crippen LogP contribution in [0.3, 0.4) is 0 Å². The zero-order valence-corrected chi connectivity index (χ0v) is 13.2. The Labute approximate surface area is 133 Å². The summed E-state index contributed by atoms with van der Waals surface area (Å²) in [5.74, 6) is -0.680. The Morgan fingerprint density at radius 1 is 1.36 bits per heavy atom. The Bertz CT molecular complexity index is 800. The van der Waals surface area contributed by atoms with Crippen LogP contribution in [0.5, 0.6) is 0 Å². The number of hydrogen-bond acceptors (Lipinski definition) is 6. The van der Waals surface area contributed by atoms with Crippen LogP contribution in [-0.4, -0.2) is 24.3 Å². The molecule has 0 bridgehead atoms. The number of hydrogen-bond donors (Lipinski definition) is 3. The van der Waals surface area contributed by atoms with Crippen LogP contribution in [0.25, 0.3) is 0 Å². The van der Waals surface area contributed by atoms with E-state index < -0.39 is 16.6 Å². The van der Waals surface area contributed by atoms with Crippen molar-refractivity contribution >= 4 is 39.7 Å². The van der Waals surface area contributed by atoms with Gasteiger partial charge in [0.1, 0.15) is 0 Å². The summed E-state index contributed by atoms with van der Waals surface area (Å²) >= 11 is 5.99. The molecule has 0 spiro atoms. The van der Waals surface area contributed by atoms with Gasteiger partial charge in [-0.25, -0.2) is 18.4 Å². The average molecular weight is 341 g/mol. The van der Waals surface area contributed by atoms with E-state index in [-0.39, 0.29) is 21.6 Å². The lowest BCUT2D eigenvalue weighted by atomic mass is 10.3. The molecule has 9 heteroatoms. The molecule has 0 aliphatic heterocycles. The van der Waals surface area contributed by atoms with Crippen LogP contribution in [0, 0.1) is 0 Å². The molecule has 0 radical (unpaired) electrons. The van der Waals surface area contributed by atoms with Crippen molar-refractivity contribution in [3.8, 4) is 0 Å². The molecule has 2 rings (SSSR count). The molecule has 0 atom stereocenters. The van der Waals surface area contributed by atoms with E-state index in [4.69, 9.17) is 17.3 Å². The maximum absolute atomic E-state index is 11.5. The van der Waals surface area contributed by atoms with Gasteiger partial charge in [-0.05, 0) is 24.6 Å². The predicted octanol–water partition coefficient (Wildman–Crippen LogP) is 1.51. The van der Waals surface area contributed by atoms with E-state index in [0.717, 1.165) is 0 Å². The quantitative estimate of drug-likeness (QED) is 0.710. The predicted molar refractivity (Wildman–Crippen MR) is 83.2 cm³/mol. The molecule has 1 heterocycles. The molecule has 3 N–H and O–H groups in total. The third-order valence-electron chi connectivity index (χ3n) is 2.81. The van der Waals surface area contributed by atoms with Crippen LogP contribution in [-0.2, 0) is 17.1 Å². The first-order valence-electron chi connectivity index (χ1n) is 6.30. The average Bonchev–Trinajstić information content (AvgIpc) is 2.47. The van der Waals surface area contributed by atoms with Gasteiger partial charge in [0.25, 0.3) is 5.91 Å². The van der Waals surface area contributed by atoms with E-state index in [0.29, 0.717) is 17.8 Å². The van der Waals surface area contributed by atoms with Crippen LogP contribution in [0.4, 0.5) is 11.5 Å². The minimum Gasteiger partial charge on any atom is -0.364 e. The van der Waals surface area contributed by atoms with Crippen molar-refractivity contribution in [2.24, 2.45) is 5.73 Å². The highest BCUT2D eigenvalue weighted by Gasteiger charge is 2.16. The summed E-state index contributed by atoms with van der Waals surface area (Å²) in [5.41, 5.74) is 6.12. The molecule has 1 aromatic carbocycles. The fourth-order valence-electron chi connectivity index (χ4n) is 1.77. The molecule has 0 aliphatic carbocycles. The van der Waals surface area contributed by atoms with Gasteiger partial charge >= 0.3 is 0 Å². The summed E-state index contributed by atoms with van der Waals surface area (Å²) in [7, 11) is -2.71. The van der Waals surface area contributed by atoms with Gasteiger partial charge in [-0.2, -0.15) is 0 Å². The zero-order valence-electron chi connectivity index (χ0n) is 11.5. The second-order valence-corrected chi connectivity index (χ2v) is 5.70. The number of benzene rings is 1. The van der Waals surface area contributed by atoms with Gasteiger partial charge in [-0.1, -0.05) is 24.6 Å². The van der Waals surface area contributed by atoms with Crippen LogP contribution in [0.1, 0.15) is 23.1 Å². The molecule has 1 amide bonds. The van der Waals surface area contributed by atoms with Gasteiger partial charge in [0.15, 0.2) is 27.4 Å². The van der Waals surface area contributed by atoms with E-state index in [1.165, 1.54) is 12.1 Å². The smallest absolute Gasteiger partial charge is 0.271 e. The first-order valence-corrected chi connectivity index (χ1v) is 7.85. The van der Waals surface area contributed by atoms with Crippen molar-refractivity contribution in [3.63, 3.8) is 0 Å². The maximum atomic E-state index is 11.5. The number of halogens is 1. The Balaban J connectivity index is 2.46. The number of nitrogens with zero attached hydrogens (tertiary/aromatic N) is 2. The SMILES string of the molecule is CCc1nc(C(N)=O)c(Nc2cccc([SH](=O)=O)c2)nc1Cl. The molecule has 116 valence electrons. The molecular weight excluding hydrogens is 328 g/mol. The first kappa shape index (κ1) is 16.2. The Morgan fingerprint density at radius 3 is 2.68 bits per heavy atom. The monoisotopic (exact) mass is 340 g/mol. The summed E-state index contributed by atoms with van der Waals surface area (Å²) in [6.07, 6.45) is 0.499. The molecular formula is C13H13ClN4O3S. The fraction of sp³-hybridized carbons (Fsp3) is 0.154. The number of thiol groups is 1. The third kappa shape index (κ3) is 3.52. The topological polar surface area (TPSA) is 115 Å². The van der Waals surface area contributed by atoms with Gasteiger partial charge in [-0.3, -0.25) is 4.79 Å². The Kier molecular flexibility index (Phi) is 4.94. The molecule has 7 nitrogen and oxygen atoms in total. The summed E-state index contributed by atoms with van der Waals surface area (Å²) in [6, 6.07) is 6.03. The highest BCUT2D eigenvalue weighted by molar-refractivity contribution is 7.72. The lowest BCUT2D eigenvalue weighted by molar-refractivity contribution is 0.0996. The lowest BCUT2D eigenvalue weighted by Crippen LogP contribution is -2.18. The van der Waals surface area contributed by atoms with Crippen molar-refractivity contribution in [1.82, 2.24) is 9.97 Å². The molecule has 0 saturated carbocycles. The molecule has 0 saturated heterocycles. The number of primary amides is 1. The van der Waals surface area contributed by atoms with Crippen molar-refractivity contribution in [3.05, 3.63) is 40.8 Å². The molecule has 0 unspecified atom stereocenters. The van der Waals surface area contributed by atoms with E-state index >= 15 is 0 Å². The highest BCUT2D eigenvalue weighted by atomic mass is 35.5. The Hall–Kier alpha value is -2.19. The van der Waals surface area contributed by atoms with E-state index in [2.05, 4.69) is 15.3 Å². The van der Waals surface area contributed by atoms with Gasteiger partial charge in [-0.15, -0.1) is 0 Å². The van der Waals surface area contributed by atoms with E-state index in [1.54, 1.807) is 12.1 Å². The number of rotatable bonds is 5. The first-order chi connectivity index (χ1) is 10.4. The van der Waals surface area contributed by atoms with Crippen molar-refractivity contribution in [1.29, 1.82) is 0 Å². The van der Waals surface area contributed by atoms with Gasteiger partial charge in [0.2, 0.25) is 0 Å². The number of aromatic nitrogens is 2. The standard InChI is InChI=1S/C13H13ClN4O3S/c1-2-9-11(14)18-13(10(17-9)12(15)19)16-7-4-3-5-8(6-7)22(20)21/h3-6,22H,2H2,1H3,(H2,15,19)(H,16,18). The molecule has 2 aromatic rings. The normalized spacial score (nSPS) is 10.7. The number of anilines is 2. The summed E-state index contributed by atoms with van der Waals surface area (Å²) < 4.78 is 22.0. The highest BCUT2D eigenvalue weighted by Crippen LogP contribution is 2.23. The number of aryl methyl sites for hydroxylation is 1. The maximum Gasteiger partial charge on any atom is 0.271 e. The number of carbonyl (C=O) groups excluding carboxylic acids is 1. The molecule has 1 aromatic heterocycles.